The van der Waals surface area contributed by atoms with E-state index >= 15 is 0 Å². The van der Waals surface area contributed by atoms with Gasteiger partial charge >= 0.3 is 0 Å². The lowest BCUT2D eigenvalue weighted by Gasteiger charge is -2.06. The fraction of sp³-hybridized carbons (Fsp3) is 0. The predicted octanol–water partition coefficient (Wildman–Crippen LogP) is 0.956. The molecule has 3 aromatic heterocycles. The minimum absolute atomic E-state index is 0.164. The first-order valence-electron chi connectivity index (χ1n) is 5.06. The Bertz CT molecular complexity index is 667. The number of nitrogen functional groups attached to an aromatic ring is 2. The standard InChI is InChI=1S/C11H10N6/c12-9-6-7(15-11(13)16-9)8-2-1-3-10-14-4-5-17(8)10/h1-6H,(H4,12,13,15,16). The highest BCUT2D eigenvalue weighted by atomic mass is 15.1. The zero-order valence-electron chi connectivity index (χ0n) is 8.91. The van der Waals surface area contributed by atoms with Crippen LogP contribution < -0.4 is 11.5 Å². The van der Waals surface area contributed by atoms with Crippen LogP contribution >= 0.6 is 0 Å². The maximum Gasteiger partial charge on any atom is 0.222 e. The third-order valence-corrected chi connectivity index (χ3v) is 2.45. The van der Waals surface area contributed by atoms with E-state index in [1.54, 1.807) is 12.3 Å². The van der Waals surface area contributed by atoms with E-state index in [1.807, 2.05) is 28.8 Å². The number of nitrogens with two attached hydrogens (primary N) is 2. The first kappa shape index (κ1) is 9.59. The van der Waals surface area contributed by atoms with Crippen molar-refractivity contribution in [2.45, 2.75) is 0 Å². The zero-order chi connectivity index (χ0) is 11.8. The van der Waals surface area contributed by atoms with Gasteiger partial charge in [0, 0.05) is 18.5 Å². The zero-order valence-corrected chi connectivity index (χ0v) is 8.91. The SMILES string of the molecule is Nc1cc(-c2cccc3nccn23)nc(N)n1. The number of anilines is 2. The molecular weight excluding hydrogens is 216 g/mol. The third-order valence-electron chi connectivity index (χ3n) is 2.45. The highest BCUT2D eigenvalue weighted by Gasteiger charge is 2.07. The van der Waals surface area contributed by atoms with Crippen molar-refractivity contribution < 1.29 is 0 Å². The van der Waals surface area contributed by atoms with Crippen LogP contribution in [0, 0.1) is 0 Å². The van der Waals surface area contributed by atoms with Gasteiger partial charge < -0.3 is 11.5 Å². The van der Waals surface area contributed by atoms with E-state index in [0.717, 1.165) is 11.3 Å². The van der Waals surface area contributed by atoms with Gasteiger partial charge in [-0.05, 0) is 12.1 Å². The Morgan fingerprint density at radius 3 is 2.82 bits per heavy atom. The molecule has 0 saturated heterocycles. The number of imidazole rings is 1. The molecule has 0 radical (unpaired) electrons. The van der Waals surface area contributed by atoms with Crippen molar-refractivity contribution >= 4 is 17.4 Å². The Labute approximate surface area is 96.9 Å². The molecule has 0 atom stereocenters. The number of aromatic nitrogens is 4. The van der Waals surface area contributed by atoms with Gasteiger partial charge in [0.15, 0.2) is 0 Å². The van der Waals surface area contributed by atoms with Crippen molar-refractivity contribution in [3.8, 4) is 11.4 Å². The summed E-state index contributed by atoms with van der Waals surface area (Å²) in [6, 6.07) is 7.44. The van der Waals surface area contributed by atoms with Crippen LogP contribution in [0.15, 0.2) is 36.7 Å². The highest BCUT2D eigenvalue weighted by molar-refractivity contribution is 5.63. The number of fused-ring (bicyclic) bond motifs is 1. The van der Waals surface area contributed by atoms with Gasteiger partial charge in [-0.25, -0.2) is 9.97 Å². The number of rotatable bonds is 1. The summed E-state index contributed by atoms with van der Waals surface area (Å²) >= 11 is 0. The molecule has 6 nitrogen and oxygen atoms in total. The average Bonchev–Trinajstić information content (AvgIpc) is 2.75. The van der Waals surface area contributed by atoms with Crippen LogP contribution in [0.3, 0.4) is 0 Å². The van der Waals surface area contributed by atoms with E-state index in [9.17, 15) is 0 Å². The molecule has 0 aliphatic heterocycles. The summed E-state index contributed by atoms with van der Waals surface area (Å²) in [4.78, 5) is 12.2. The van der Waals surface area contributed by atoms with E-state index in [1.165, 1.54) is 0 Å². The van der Waals surface area contributed by atoms with E-state index in [2.05, 4.69) is 15.0 Å². The summed E-state index contributed by atoms with van der Waals surface area (Å²) in [5.74, 6) is 0.515. The van der Waals surface area contributed by atoms with Crippen LogP contribution in [0.25, 0.3) is 17.0 Å². The normalized spacial score (nSPS) is 10.8. The molecule has 0 fully saturated rings. The fourth-order valence-corrected chi connectivity index (χ4v) is 1.77. The van der Waals surface area contributed by atoms with Gasteiger partial charge in [0.05, 0.1) is 11.4 Å². The van der Waals surface area contributed by atoms with Crippen molar-refractivity contribution in [2.24, 2.45) is 0 Å². The van der Waals surface area contributed by atoms with Crippen molar-refractivity contribution in [3.05, 3.63) is 36.7 Å². The van der Waals surface area contributed by atoms with Crippen LogP contribution in [0.5, 0.6) is 0 Å². The predicted molar refractivity (Wildman–Crippen MR) is 65.0 cm³/mol. The summed E-state index contributed by atoms with van der Waals surface area (Å²) in [5, 5.41) is 0. The molecule has 0 unspecified atom stereocenters. The maximum absolute atomic E-state index is 5.66. The lowest BCUT2D eigenvalue weighted by molar-refractivity contribution is 1.13. The van der Waals surface area contributed by atoms with Crippen LogP contribution in [-0.2, 0) is 0 Å². The van der Waals surface area contributed by atoms with Crippen molar-refractivity contribution in [1.82, 2.24) is 19.4 Å². The number of nitrogens with zero attached hydrogens (tertiary/aromatic N) is 4. The smallest absolute Gasteiger partial charge is 0.222 e. The number of hydrogen-bond acceptors (Lipinski definition) is 5. The molecule has 0 bridgehead atoms. The lowest BCUT2D eigenvalue weighted by atomic mass is 10.2. The van der Waals surface area contributed by atoms with Gasteiger partial charge in [-0.1, -0.05) is 6.07 Å². The molecule has 0 aliphatic carbocycles. The quantitative estimate of drug-likeness (QED) is 0.644. The molecule has 6 heteroatoms. The van der Waals surface area contributed by atoms with E-state index < -0.39 is 0 Å². The minimum Gasteiger partial charge on any atom is -0.384 e. The third kappa shape index (κ3) is 1.55. The highest BCUT2D eigenvalue weighted by Crippen LogP contribution is 2.20. The summed E-state index contributed by atoms with van der Waals surface area (Å²) in [7, 11) is 0. The largest absolute Gasteiger partial charge is 0.384 e. The van der Waals surface area contributed by atoms with E-state index in [0.29, 0.717) is 11.5 Å². The molecule has 0 aromatic carbocycles. The van der Waals surface area contributed by atoms with E-state index in [4.69, 9.17) is 11.5 Å². The fourth-order valence-electron chi connectivity index (χ4n) is 1.77. The second kappa shape index (κ2) is 3.44. The molecule has 17 heavy (non-hydrogen) atoms. The van der Waals surface area contributed by atoms with E-state index in [-0.39, 0.29) is 5.95 Å². The van der Waals surface area contributed by atoms with Crippen LogP contribution in [0.4, 0.5) is 11.8 Å². The second-order valence-corrected chi connectivity index (χ2v) is 3.60. The molecule has 0 saturated carbocycles. The monoisotopic (exact) mass is 226 g/mol. The van der Waals surface area contributed by atoms with Crippen molar-refractivity contribution in [3.63, 3.8) is 0 Å². The topological polar surface area (TPSA) is 95.1 Å². The first-order valence-corrected chi connectivity index (χ1v) is 5.06. The Hall–Kier alpha value is -2.63. The molecule has 0 spiro atoms. The summed E-state index contributed by atoms with van der Waals surface area (Å²) in [6.45, 7) is 0. The van der Waals surface area contributed by atoms with Gasteiger partial charge in [-0.3, -0.25) is 4.40 Å². The summed E-state index contributed by atoms with van der Waals surface area (Å²) in [5.41, 5.74) is 13.6. The molecule has 3 heterocycles. The van der Waals surface area contributed by atoms with Gasteiger partial charge in [-0.2, -0.15) is 4.98 Å². The molecule has 84 valence electrons. The number of hydrogen-bond donors (Lipinski definition) is 2. The van der Waals surface area contributed by atoms with Crippen LogP contribution in [0.1, 0.15) is 0 Å². The van der Waals surface area contributed by atoms with Crippen molar-refractivity contribution in [1.29, 1.82) is 0 Å². The van der Waals surface area contributed by atoms with Crippen LogP contribution in [-0.4, -0.2) is 19.4 Å². The van der Waals surface area contributed by atoms with Gasteiger partial charge in [0.1, 0.15) is 11.5 Å². The molecule has 0 aliphatic rings. The van der Waals surface area contributed by atoms with Crippen molar-refractivity contribution in [2.75, 3.05) is 11.5 Å². The van der Waals surface area contributed by atoms with Crippen LogP contribution in [0.2, 0.25) is 0 Å². The molecule has 0 amide bonds. The van der Waals surface area contributed by atoms with Gasteiger partial charge in [-0.15, -0.1) is 0 Å². The van der Waals surface area contributed by atoms with Gasteiger partial charge in [0.25, 0.3) is 0 Å². The Morgan fingerprint density at radius 2 is 2.00 bits per heavy atom. The molecule has 3 rings (SSSR count). The Kier molecular flexibility index (Phi) is 1.94. The summed E-state index contributed by atoms with van der Waals surface area (Å²) < 4.78 is 1.92. The lowest BCUT2D eigenvalue weighted by Crippen LogP contribution is -2.02. The molecule has 4 N–H and O–H groups in total. The molecular formula is C11H10N6. The van der Waals surface area contributed by atoms with Gasteiger partial charge in [0.2, 0.25) is 5.95 Å². The minimum atomic E-state index is 0.164. The Balaban J connectivity index is 2.30. The molecule has 3 aromatic rings. The second-order valence-electron chi connectivity index (χ2n) is 3.60. The number of pyridine rings is 1. The first-order chi connectivity index (χ1) is 8.24. The summed E-state index contributed by atoms with van der Waals surface area (Å²) in [6.07, 6.45) is 3.59. The Morgan fingerprint density at radius 1 is 1.12 bits per heavy atom. The maximum atomic E-state index is 5.66. The average molecular weight is 226 g/mol.